The standard InChI is InChI=1S/C14H26N2/c1-11(14(2)6-7-14)15-13-5-8-16(10-13)9-12-3-4-12/h11-13,15H,3-10H2,1-2H3. The molecule has 2 unspecified atom stereocenters. The van der Waals surface area contributed by atoms with Crippen molar-refractivity contribution in [1.29, 1.82) is 0 Å². The Morgan fingerprint density at radius 2 is 2.06 bits per heavy atom. The fourth-order valence-corrected chi connectivity index (χ4v) is 2.99. The maximum absolute atomic E-state index is 3.86. The van der Waals surface area contributed by atoms with Crippen LogP contribution in [-0.4, -0.2) is 36.6 Å². The van der Waals surface area contributed by atoms with Crippen molar-refractivity contribution < 1.29 is 0 Å². The molecule has 2 aliphatic carbocycles. The molecule has 0 radical (unpaired) electrons. The highest BCUT2D eigenvalue weighted by molar-refractivity contribution is 4.98. The predicted octanol–water partition coefficient (Wildman–Crippen LogP) is 2.25. The summed E-state index contributed by atoms with van der Waals surface area (Å²) < 4.78 is 0. The first-order valence-electron chi connectivity index (χ1n) is 7.14. The van der Waals surface area contributed by atoms with Gasteiger partial charge in [0.05, 0.1) is 0 Å². The minimum Gasteiger partial charge on any atom is -0.310 e. The Kier molecular flexibility index (Phi) is 2.75. The number of nitrogens with zero attached hydrogens (tertiary/aromatic N) is 1. The topological polar surface area (TPSA) is 15.3 Å². The molecule has 1 aliphatic heterocycles. The molecule has 1 saturated heterocycles. The largest absolute Gasteiger partial charge is 0.310 e. The van der Waals surface area contributed by atoms with Gasteiger partial charge < -0.3 is 10.2 Å². The van der Waals surface area contributed by atoms with Crippen LogP contribution in [0.3, 0.4) is 0 Å². The predicted molar refractivity (Wildman–Crippen MR) is 67.5 cm³/mol. The summed E-state index contributed by atoms with van der Waals surface area (Å²) in [6, 6.07) is 1.49. The van der Waals surface area contributed by atoms with Gasteiger partial charge in [-0.15, -0.1) is 0 Å². The monoisotopic (exact) mass is 222 g/mol. The number of nitrogens with one attached hydrogen (secondary N) is 1. The van der Waals surface area contributed by atoms with E-state index >= 15 is 0 Å². The summed E-state index contributed by atoms with van der Waals surface area (Å²) in [5, 5.41) is 3.86. The highest BCUT2D eigenvalue weighted by Gasteiger charge is 2.43. The van der Waals surface area contributed by atoms with Gasteiger partial charge in [-0.2, -0.15) is 0 Å². The molecule has 3 fully saturated rings. The van der Waals surface area contributed by atoms with Gasteiger partial charge in [0.2, 0.25) is 0 Å². The fraction of sp³-hybridized carbons (Fsp3) is 1.00. The average molecular weight is 222 g/mol. The van der Waals surface area contributed by atoms with Crippen LogP contribution < -0.4 is 5.32 Å². The molecular formula is C14H26N2. The minimum absolute atomic E-state index is 0.629. The number of likely N-dealkylation sites (tertiary alicyclic amines) is 1. The summed E-state index contributed by atoms with van der Waals surface area (Å²) >= 11 is 0. The van der Waals surface area contributed by atoms with Crippen molar-refractivity contribution in [2.75, 3.05) is 19.6 Å². The first-order chi connectivity index (χ1) is 7.66. The Hall–Kier alpha value is -0.0800. The van der Waals surface area contributed by atoms with Crippen LogP contribution in [0.1, 0.15) is 46.0 Å². The molecule has 0 aromatic rings. The first-order valence-corrected chi connectivity index (χ1v) is 7.14. The maximum atomic E-state index is 3.86. The lowest BCUT2D eigenvalue weighted by Gasteiger charge is -2.25. The highest BCUT2D eigenvalue weighted by atomic mass is 15.2. The van der Waals surface area contributed by atoms with Crippen molar-refractivity contribution in [3.8, 4) is 0 Å². The highest BCUT2D eigenvalue weighted by Crippen LogP contribution is 2.48. The van der Waals surface area contributed by atoms with Gasteiger partial charge in [-0.25, -0.2) is 0 Å². The zero-order chi connectivity index (χ0) is 11.2. The van der Waals surface area contributed by atoms with Crippen LogP contribution in [-0.2, 0) is 0 Å². The molecule has 0 spiro atoms. The second-order valence-electron chi connectivity index (χ2n) is 6.73. The van der Waals surface area contributed by atoms with Gasteiger partial charge >= 0.3 is 0 Å². The fourth-order valence-electron chi connectivity index (χ4n) is 2.99. The van der Waals surface area contributed by atoms with Crippen LogP contribution in [0.15, 0.2) is 0 Å². The molecule has 2 atom stereocenters. The Morgan fingerprint density at radius 1 is 1.31 bits per heavy atom. The van der Waals surface area contributed by atoms with E-state index in [1.54, 1.807) is 0 Å². The number of hydrogen-bond donors (Lipinski definition) is 1. The Labute approximate surface area is 99.8 Å². The molecule has 92 valence electrons. The van der Waals surface area contributed by atoms with E-state index in [1.807, 2.05) is 0 Å². The second-order valence-corrected chi connectivity index (χ2v) is 6.73. The van der Waals surface area contributed by atoms with Crippen LogP contribution in [0.2, 0.25) is 0 Å². The van der Waals surface area contributed by atoms with E-state index in [0.29, 0.717) is 5.41 Å². The zero-order valence-electron chi connectivity index (χ0n) is 10.8. The normalized spacial score (nSPS) is 35.2. The van der Waals surface area contributed by atoms with Crippen LogP contribution in [0.25, 0.3) is 0 Å². The molecule has 0 aromatic heterocycles. The Morgan fingerprint density at radius 3 is 2.69 bits per heavy atom. The quantitative estimate of drug-likeness (QED) is 0.767. The SMILES string of the molecule is CC(NC1CCN(CC2CC2)C1)C1(C)CC1. The summed E-state index contributed by atoms with van der Waals surface area (Å²) in [6.07, 6.45) is 7.21. The summed E-state index contributed by atoms with van der Waals surface area (Å²) in [5.74, 6) is 1.05. The van der Waals surface area contributed by atoms with E-state index in [2.05, 4.69) is 24.1 Å². The number of rotatable bonds is 5. The molecule has 16 heavy (non-hydrogen) atoms. The average Bonchev–Trinajstić information content (AvgIpc) is 3.13. The van der Waals surface area contributed by atoms with Crippen molar-refractivity contribution in [3.05, 3.63) is 0 Å². The summed E-state index contributed by atoms with van der Waals surface area (Å²) in [6.45, 7) is 8.83. The third-order valence-electron chi connectivity index (χ3n) is 5.06. The third-order valence-corrected chi connectivity index (χ3v) is 5.06. The molecular weight excluding hydrogens is 196 g/mol. The van der Waals surface area contributed by atoms with Crippen molar-refractivity contribution in [2.24, 2.45) is 11.3 Å². The molecule has 2 nitrogen and oxygen atoms in total. The van der Waals surface area contributed by atoms with Gasteiger partial charge in [-0.1, -0.05) is 6.92 Å². The second kappa shape index (κ2) is 3.99. The smallest absolute Gasteiger partial charge is 0.0209 e. The van der Waals surface area contributed by atoms with E-state index in [4.69, 9.17) is 0 Å². The molecule has 3 rings (SSSR count). The molecule has 0 aromatic carbocycles. The first kappa shape index (κ1) is 11.0. The molecule has 3 aliphatic rings. The van der Waals surface area contributed by atoms with Crippen molar-refractivity contribution in [3.63, 3.8) is 0 Å². The molecule has 2 saturated carbocycles. The van der Waals surface area contributed by atoms with E-state index in [9.17, 15) is 0 Å². The molecule has 0 amide bonds. The summed E-state index contributed by atoms with van der Waals surface area (Å²) in [7, 11) is 0. The zero-order valence-corrected chi connectivity index (χ0v) is 10.8. The van der Waals surface area contributed by atoms with Gasteiger partial charge in [0.1, 0.15) is 0 Å². The van der Waals surface area contributed by atoms with Crippen molar-refractivity contribution in [2.45, 2.75) is 58.0 Å². The number of hydrogen-bond acceptors (Lipinski definition) is 2. The molecule has 2 heteroatoms. The Balaban J connectivity index is 1.42. The molecule has 1 heterocycles. The lowest BCUT2D eigenvalue weighted by atomic mass is 10.00. The summed E-state index contributed by atoms with van der Waals surface area (Å²) in [5.41, 5.74) is 0.629. The van der Waals surface area contributed by atoms with Crippen LogP contribution in [0.4, 0.5) is 0 Å². The van der Waals surface area contributed by atoms with Crippen molar-refractivity contribution in [1.82, 2.24) is 10.2 Å². The van der Waals surface area contributed by atoms with Gasteiger partial charge in [0.15, 0.2) is 0 Å². The minimum atomic E-state index is 0.629. The maximum Gasteiger partial charge on any atom is 0.0209 e. The van der Waals surface area contributed by atoms with Crippen molar-refractivity contribution >= 4 is 0 Å². The molecule has 1 N–H and O–H groups in total. The third kappa shape index (κ3) is 2.43. The summed E-state index contributed by atoms with van der Waals surface area (Å²) in [4.78, 5) is 2.68. The molecule has 0 bridgehead atoms. The van der Waals surface area contributed by atoms with Gasteiger partial charge in [-0.05, 0) is 56.9 Å². The van der Waals surface area contributed by atoms with E-state index < -0.39 is 0 Å². The lowest BCUT2D eigenvalue weighted by molar-refractivity contribution is 0.295. The van der Waals surface area contributed by atoms with E-state index in [-0.39, 0.29) is 0 Å². The van der Waals surface area contributed by atoms with Crippen LogP contribution >= 0.6 is 0 Å². The lowest BCUT2D eigenvalue weighted by Crippen LogP contribution is -2.42. The van der Waals surface area contributed by atoms with Gasteiger partial charge in [-0.3, -0.25) is 0 Å². The van der Waals surface area contributed by atoms with E-state index in [0.717, 1.165) is 18.0 Å². The van der Waals surface area contributed by atoms with Gasteiger partial charge in [0, 0.05) is 25.2 Å². The van der Waals surface area contributed by atoms with Crippen LogP contribution in [0.5, 0.6) is 0 Å². The van der Waals surface area contributed by atoms with E-state index in [1.165, 1.54) is 51.7 Å². The van der Waals surface area contributed by atoms with Gasteiger partial charge in [0.25, 0.3) is 0 Å². The Bertz CT molecular complexity index is 255. The van der Waals surface area contributed by atoms with Crippen LogP contribution in [0, 0.1) is 11.3 Å².